The lowest BCUT2D eigenvalue weighted by Crippen LogP contribution is -2.32. The van der Waals surface area contributed by atoms with Crippen LogP contribution in [0.4, 0.5) is 17.1 Å². The zero-order valence-corrected chi connectivity index (χ0v) is 21.1. The zero-order chi connectivity index (χ0) is 25.2. The highest BCUT2D eigenvalue weighted by Gasteiger charge is 2.29. The number of carbonyl (C=O) groups excluding carboxylic acids is 2. The minimum Gasteiger partial charge on any atom is -0.309 e. The van der Waals surface area contributed by atoms with E-state index in [1.54, 1.807) is 47.4 Å². The van der Waals surface area contributed by atoms with E-state index in [0.717, 1.165) is 18.5 Å². The van der Waals surface area contributed by atoms with Crippen molar-refractivity contribution in [2.24, 2.45) is 5.92 Å². The van der Waals surface area contributed by atoms with Gasteiger partial charge in [-0.1, -0.05) is 24.3 Å². The third-order valence-corrected chi connectivity index (χ3v) is 8.23. The summed E-state index contributed by atoms with van der Waals surface area (Å²) in [6.45, 7) is 5.70. The number of amides is 2. The molecule has 0 unspecified atom stereocenters. The maximum atomic E-state index is 13.5. The van der Waals surface area contributed by atoms with Gasteiger partial charge in [0, 0.05) is 30.4 Å². The molecule has 0 aromatic heterocycles. The Balaban J connectivity index is 1.68. The second-order valence-electron chi connectivity index (χ2n) is 8.91. The largest absolute Gasteiger partial charge is 0.309 e. The standard InChI is InChI=1S/C28H30N2O4S/c1-4-29(23-9-6-5-7-10-23)28(32)26-11-8-12-27(20(26)2)30(21(3)31)24-15-17-25(18-16-24)35(33,34)19-22-13-14-22/h5-12,15-18,22H,4,13-14,19H2,1-3H3. The van der Waals surface area contributed by atoms with Crippen LogP contribution in [-0.4, -0.2) is 32.5 Å². The average Bonchev–Trinajstić information content (AvgIpc) is 3.65. The molecule has 0 spiro atoms. The van der Waals surface area contributed by atoms with Gasteiger partial charge in [0.15, 0.2) is 9.84 Å². The number of para-hydroxylation sites is 1. The molecular formula is C28H30N2O4S. The first kappa shape index (κ1) is 24.7. The van der Waals surface area contributed by atoms with Crippen LogP contribution in [-0.2, 0) is 14.6 Å². The van der Waals surface area contributed by atoms with Crippen molar-refractivity contribution in [1.29, 1.82) is 0 Å². The molecule has 2 amide bonds. The van der Waals surface area contributed by atoms with E-state index < -0.39 is 9.84 Å². The molecule has 1 aliphatic rings. The molecule has 4 rings (SSSR count). The molecule has 0 heterocycles. The molecule has 0 aliphatic heterocycles. The van der Waals surface area contributed by atoms with E-state index in [4.69, 9.17) is 0 Å². The third kappa shape index (κ3) is 5.30. The molecule has 6 nitrogen and oxygen atoms in total. The van der Waals surface area contributed by atoms with Crippen LogP contribution in [0.3, 0.4) is 0 Å². The molecule has 7 heteroatoms. The van der Waals surface area contributed by atoms with Crippen molar-refractivity contribution >= 4 is 38.7 Å². The summed E-state index contributed by atoms with van der Waals surface area (Å²) < 4.78 is 25.3. The lowest BCUT2D eigenvalue weighted by molar-refractivity contribution is -0.115. The number of rotatable bonds is 8. The Morgan fingerprint density at radius 3 is 2.11 bits per heavy atom. The lowest BCUT2D eigenvalue weighted by Gasteiger charge is -2.26. The molecule has 182 valence electrons. The first-order valence-corrected chi connectivity index (χ1v) is 13.5. The molecule has 0 bridgehead atoms. The van der Waals surface area contributed by atoms with Crippen LogP contribution < -0.4 is 9.80 Å². The smallest absolute Gasteiger partial charge is 0.258 e. The van der Waals surface area contributed by atoms with Gasteiger partial charge in [-0.05, 0) is 86.7 Å². The van der Waals surface area contributed by atoms with Gasteiger partial charge < -0.3 is 4.90 Å². The van der Waals surface area contributed by atoms with E-state index in [-0.39, 0.29) is 28.4 Å². The van der Waals surface area contributed by atoms with E-state index in [1.165, 1.54) is 11.8 Å². The minimum absolute atomic E-state index is 0.150. The van der Waals surface area contributed by atoms with Crippen molar-refractivity contribution in [1.82, 2.24) is 0 Å². The van der Waals surface area contributed by atoms with Crippen LogP contribution in [0.15, 0.2) is 77.7 Å². The van der Waals surface area contributed by atoms with E-state index in [9.17, 15) is 18.0 Å². The van der Waals surface area contributed by atoms with E-state index >= 15 is 0 Å². The Labute approximate surface area is 207 Å². The highest BCUT2D eigenvalue weighted by Crippen LogP contribution is 2.34. The van der Waals surface area contributed by atoms with Crippen LogP contribution in [0.2, 0.25) is 0 Å². The highest BCUT2D eigenvalue weighted by atomic mass is 32.2. The van der Waals surface area contributed by atoms with Gasteiger partial charge in [-0.15, -0.1) is 0 Å². The Kier molecular flexibility index (Phi) is 7.08. The monoisotopic (exact) mass is 490 g/mol. The van der Waals surface area contributed by atoms with Gasteiger partial charge >= 0.3 is 0 Å². The first-order valence-electron chi connectivity index (χ1n) is 11.8. The van der Waals surface area contributed by atoms with Gasteiger partial charge in [-0.3, -0.25) is 14.5 Å². The maximum Gasteiger partial charge on any atom is 0.258 e. The molecule has 1 fully saturated rings. The number of benzene rings is 3. The van der Waals surface area contributed by atoms with Gasteiger partial charge in [0.05, 0.1) is 16.3 Å². The Morgan fingerprint density at radius 2 is 1.54 bits per heavy atom. The maximum absolute atomic E-state index is 13.5. The van der Waals surface area contributed by atoms with Crippen molar-refractivity contribution < 1.29 is 18.0 Å². The second kappa shape index (κ2) is 10.0. The molecule has 0 radical (unpaired) electrons. The molecule has 0 N–H and O–H groups in total. The van der Waals surface area contributed by atoms with Crippen LogP contribution >= 0.6 is 0 Å². The zero-order valence-electron chi connectivity index (χ0n) is 20.3. The number of sulfone groups is 1. The van der Waals surface area contributed by atoms with Crippen LogP contribution in [0.1, 0.15) is 42.6 Å². The predicted octanol–water partition coefficient (Wildman–Crippen LogP) is 5.53. The number of hydrogen-bond acceptors (Lipinski definition) is 4. The van der Waals surface area contributed by atoms with Crippen molar-refractivity contribution in [3.63, 3.8) is 0 Å². The molecular weight excluding hydrogens is 460 g/mol. The summed E-state index contributed by atoms with van der Waals surface area (Å²) in [6, 6.07) is 21.2. The van der Waals surface area contributed by atoms with Crippen LogP contribution in [0.25, 0.3) is 0 Å². The normalized spacial score (nSPS) is 13.3. The summed E-state index contributed by atoms with van der Waals surface area (Å²) in [6.07, 6.45) is 1.92. The fourth-order valence-corrected chi connectivity index (χ4v) is 5.98. The van der Waals surface area contributed by atoms with E-state index in [2.05, 4.69) is 0 Å². The quantitative estimate of drug-likeness (QED) is 0.416. The average molecular weight is 491 g/mol. The minimum atomic E-state index is -3.34. The molecule has 1 aliphatic carbocycles. The fourth-order valence-electron chi connectivity index (χ4n) is 4.28. The molecule has 0 atom stereocenters. The van der Waals surface area contributed by atoms with Gasteiger partial charge in [0.1, 0.15) is 0 Å². The summed E-state index contributed by atoms with van der Waals surface area (Å²) in [5.74, 6) is 0.0427. The third-order valence-electron chi connectivity index (χ3n) is 6.33. The Bertz CT molecular complexity index is 1330. The van der Waals surface area contributed by atoms with E-state index in [1.807, 2.05) is 44.2 Å². The molecule has 3 aromatic carbocycles. The van der Waals surface area contributed by atoms with Gasteiger partial charge in [0.25, 0.3) is 5.91 Å². The van der Waals surface area contributed by atoms with Gasteiger partial charge in [-0.25, -0.2) is 8.42 Å². The predicted molar refractivity (Wildman–Crippen MR) is 139 cm³/mol. The van der Waals surface area contributed by atoms with E-state index in [0.29, 0.717) is 29.0 Å². The van der Waals surface area contributed by atoms with Crippen molar-refractivity contribution in [3.8, 4) is 0 Å². The lowest BCUT2D eigenvalue weighted by atomic mass is 10.0. The number of anilines is 3. The van der Waals surface area contributed by atoms with Crippen LogP contribution in [0, 0.1) is 12.8 Å². The molecule has 35 heavy (non-hydrogen) atoms. The molecule has 0 saturated heterocycles. The van der Waals surface area contributed by atoms with Gasteiger partial charge in [0.2, 0.25) is 5.91 Å². The topological polar surface area (TPSA) is 74.8 Å². The highest BCUT2D eigenvalue weighted by molar-refractivity contribution is 7.91. The molecule has 3 aromatic rings. The number of nitrogens with zero attached hydrogens (tertiary/aromatic N) is 2. The van der Waals surface area contributed by atoms with Crippen molar-refractivity contribution in [2.45, 2.75) is 38.5 Å². The Morgan fingerprint density at radius 1 is 0.886 bits per heavy atom. The summed E-state index contributed by atoms with van der Waals surface area (Å²) in [4.78, 5) is 29.7. The summed E-state index contributed by atoms with van der Waals surface area (Å²) in [5, 5.41) is 0. The van der Waals surface area contributed by atoms with Gasteiger partial charge in [-0.2, -0.15) is 0 Å². The fraction of sp³-hybridized carbons (Fsp3) is 0.286. The van der Waals surface area contributed by atoms with Crippen molar-refractivity contribution in [2.75, 3.05) is 22.1 Å². The Hall–Kier alpha value is -3.45. The second-order valence-corrected chi connectivity index (χ2v) is 10.9. The SMILES string of the molecule is CCN(C(=O)c1cccc(N(C(C)=O)c2ccc(S(=O)(=O)CC3CC3)cc2)c1C)c1ccccc1. The molecule has 1 saturated carbocycles. The van der Waals surface area contributed by atoms with Crippen molar-refractivity contribution in [3.05, 3.63) is 83.9 Å². The summed E-state index contributed by atoms with van der Waals surface area (Å²) in [5.41, 5.74) is 3.11. The number of hydrogen-bond donors (Lipinski definition) is 0. The number of carbonyl (C=O) groups is 2. The first-order chi connectivity index (χ1) is 16.7. The summed E-state index contributed by atoms with van der Waals surface area (Å²) in [7, 11) is -3.34. The van der Waals surface area contributed by atoms with Crippen LogP contribution in [0.5, 0.6) is 0 Å². The summed E-state index contributed by atoms with van der Waals surface area (Å²) >= 11 is 0.